The molecule has 2 heterocycles. The number of hydrogen-bond acceptors (Lipinski definition) is 5. The van der Waals surface area contributed by atoms with Crippen LogP contribution >= 0.6 is 11.8 Å². The number of alkyl halides is 3. The highest BCUT2D eigenvalue weighted by Gasteiger charge is 2.33. The Hall–Kier alpha value is -1.83. The number of halogens is 3. The lowest BCUT2D eigenvalue weighted by atomic mass is 10.3. The van der Waals surface area contributed by atoms with Crippen molar-refractivity contribution in [3.63, 3.8) is 0 Å². The van der Waals surface area contributed by atoms with Gasteiger partial charge in [0.05, 0.1) is 0 Å². The molecule has 0 aliphatic heterocycles. The Bertz CT molecular complexity index is 605. The lowest BCUT2D eigenvalue weighted by molar-refractivity contribution is -0.141. The Balaban J connectivity index is 2.29. The molecule has 1 N–H and O–H groups in total. The number of thioether (sulfide) groups is 1. The molecular formula is C14H15F3N4S. The van der Waals surface area contributed by atoms with Crippen molar-refractivity contribution < 1.29 is 13.2 Å². The number of hydrogen-bond donors (Lipinski definition) is 1. The second kappa shape index (κ2) is 7.44. The van der Waals surface area contributed by atoms with E-state index in [0.29, 0.717) is 12.2 Å². The molecule has 0 atom stereocenters. The zero-order valence-electron chi connectivity index (χ0n) is 11.9. The Morgan fingerprint density at radius 3 is 2.68 bits per heavy atom. The molecule has 0 saturated heterocycles. The van der Waals surface area contributed by atoms with Gasteiger partial charge in [0.2, 0.25) is 0 Å². The normalized spacial score (nSPS) is 11.5. The van der Waals surface area contributed by atoms with Crippen molar-refractivity contribution in [2.75, 3.05) is 23.9 Å². The molecule has 22 heavy (non-hydrogen) atoms. The van der Waals surface area contributed by atoms with E-state index < -0.39 is 11.9 Å². The predicted molar refractivity (Wildman–Crippen MR) is 81.8 cm³/mol. The molecule has 2 aromatic heterocycles. The van der Waals surface area contributed by atoms with Crippen LogP contribution in [0.1, 0.15) is 12.1 Å². The zero-order valence-corrected chi connectivity index (χ0v) is 12.7. The minimum Gasteiger partial charge on any atom is -0.370 e. The van der Waals surface area contributed by atoms with Gasteiger partial charge in [0.1, 0.15) is 11.5 Å². The number of nitrogens with one attached hydrogen (secondary N) is 1. The molecule has 0 amide bonds. The van der Waals surface area contributed by atoms with Crippen LogP contribution in [0.5, 0.6) is 0 Å². The largest absolute Gasteiger partial charge is 0.433 e. The van der Waals surface area contributed by atoms with Crippen molar-refractivity contribution in [1.82, 2.24) is 15.0 Å². The minimum atomic E-state index is -4.53. The highest BCUT2D eigenvalue weighted by Crippen LogP contribution is 2.30. The van der Waals surface area contributed by atoms with E-state index in [4.69, 9.17) is 0 Å². The maximum atomic E-state index is 13.0. The summed E-state index contributed by atoms with van der Waals surface area (Å²) in [7, 11) is 0. The summed E-state index contributed by atoms with van der Waals surface area (Å²) in [6.07, 6.45) is -0.218. The third-order valence-electron chi connectivity index (χ3n) is 2.74. The lowest BCUT2D eigenvalue weighted by Gasteiger charge is -2.11. The fourth-order valence-electron chi connectivity index (χ4n) is 1.73. The molecule has 0 radical (unpaired) electrons. The third-order valence-corrected chi connectivity index (χ3v) is 3.44. The molecule has 0 aromatic carbocycles. The van der Waals surface area contributed by atoms with Crippen molar-refractivity contribution in [2.45, 2.75) is 12.6 Å². The molecule has 0 unspecified atom stereocenters. The zero-order chi connectivity index (χ0) is 16.0. The van der Waals surface area contributed by atoms with Crippen molar-refractivity contribution in [3.05, 3.63) is 36.2 Å². The summed E-state index contributed by atoms with van der Waals surface area (Å²) in [6, 6.07) is 5.86. The van der Waals surface area contributed by atoms with E-state index in [2.05, 4.69) is 20.3 Å². The first kappa shape index (κ1) is 16.5. The summed E-state index contributed by atoms with van der Waals surface area (Å²) in [5.41, 5.74) is -0.670. The fraction of sp³-hybridized carbons (Fsp3) is 0.357. The van der Waals surface area contributed by atoms with Crippen LogP contribution in [0.2, 0.25) is 0 Å². The first-order valence-corrected chi connectivity index (χ1v) is 8.00. The number of anilines is 1. The summed E-state index contributed by atoms with van der Waals surface area (Å²) in [4.78, 5) is 11.7. The van der Waals surface area contributed by atoms with Crippen LogP contribution < -0.4 is 5.32 Å². The summed E-state index contributed by atoms with van der Waals surface area (Å²) in [5, 5.41) is 2.91. The molecule has 0 spiro atoms. The van der Waals surface area contributed by atoms with E-state index in [1.807, 2.05) is 6.26 Å². The number of pyridine rings is 1. The predicted octanol–water partition coefficient (Wildman–Crippen LogP) is 3.72. The monoisotopic (exact) mass is 328 g/mol. The van der Waals surface area contributed by atoms with Gasteiger partial charge < -0.3 is 5.32 Å². The van der Waals surface area contributed by atoms with E-state index in [0.717, 1.165) is 18.2 Å². The van der Waals surface area contributed by atoms with E-state index in [9.17, 15) is 13.2 Å². The molecule has 118 valence electrons. The van der Waals surface area contributed by atoms with Gasteiger partial charge in [0.25, 0.3) is 0 Å². The van der Waals surface area contributed by atoms with Crippen LogP contribution in [0.25, 0.3) is 11.5 Å². The van der Waals surface area contributed by atoms with Crippen LogP contribution in [0.4, 0.5) is 19.0 Å². The maximum Gasteiger partial charge on any atom is 0.433 e. The molecule has 2 rings (SSSR count). The van der Waals surface area contributed by atoms with Crippen LogP contribution in [0, 0.1) is 0 Å². The first-order valence-electron chi connectivity index (χ1n) is 6.61. The number of aromatic nitrogens is 3. The Morgan fingerprint density at radius 2 is 2.05 bits per heavy atom. The van der Waals surface area contributed by atoms with Gasteiger partial charge in [-0.05, 0) is 30.6 Å². The SMILES string of the molecule is CSCCCNc1cc(C(F)(F)F)nc(-c2ccccn2)n1. The minimum absolute atomic E-state index is 0.0391. The van der Waals surface area contributed by atoms with Crippen LogP contribution in [0.3, 0.4) is 0 Å². The Labute approximate surface area is 130 Å². The molecular weight excluding hydrogens is 313 g/mol. The van der Waals surface area contributed by atoms with E-state index in [-0.39, 0.29) is 11.6 Å². The van der Waals surface area contributed by atoms with Crippen molar-refractivity contribution in [2.24, 2.45) is 0 Å². The lowest BCUT2D eigenvalue weighted by Crippen LogP contribution is -2.13. The van der Waals surface area contributed by atoms with Crippen LogP contribution in [-0.4, -0.2) is 33.5 Å². The molecule has 4 nitrogen and oxygen atoms in total. The fourth-order valence-corrected chi connectivity index (χ4v) is 2.16. The molecule has 0 fully saturated rings. The van der Waals surface area contributed by atoms with Gasteiger partial charge in [-0.3, -0.25) is 4.98 Å². The Morgan fingerprint density at radius 1 is 1.23 bits per heavy atom. The summed E-state index contributed by atoms with van der Waals surface area (Å²) in [5.74, 6) is 1.05. The van der Waals surface area contributed by atoms with Crippen molar-refractivity contribution >= 4 is 17.6 Å². The molecule has 0 saturated carbocycles. The second-order valence-corrected chi connectivity index (χ2v) is 5.43. The van der Waals surface area contributed by atoms with Crippen molar-refractivity contribution in [3.8, 4) is 11.5 Å². The molecule has 8 heteroatoms. The van der Waals surface area contributed by atoms with Gasteiger partial charge >= 0.3 is 6.18 Å². The first-order chi connectivity index (χ1) is 10.5. The maximum absolute atomic E-state index is 13.0. The summed E-state index contributed by atoms with van der Waals surface area (Å²) in [6.45, 7) is 0.552. The number of nitrogens with zero attached hydrogens (tertiary/aromatic N) is 3. The molecule has 0 bridgehead atoms. The average Bonchev–Trinajstić information content (AvgIpc) is 2.51. The van der Waals surface area contributed by atoms with E-state index >= 15 is 0 Å². The van der Waals surface area contributed by atoms with E-state index in [1.54, 1.807) is 30.0 Å². The summed E-state index contributed by atoms with van der Waals surface area (Å²) >= 11 is 1.68. The molecule has 2 aromatic rings. The highest BCUT2D eigenvalue weighted by atomic mass is 32.2. The average molecular weight is 328 g/mol. The van der Waals surface area contributed by atoms with Gasteiger partial charge in [-0.25, -0.2) is 9.97 Å². The third kappa shape index (κ3) is 4.59. The topological polar surface area (TPSA) is 50.7 Å². The molecule has 0 aliphatic carbocycles. The molecule has 0 aliphatic rings. The quantitative estimate of drug-likeness (QED) is 0.819. The van der Waals surface area contributed by atoms with Gasteiger partial charge in [-0.1, -0.05) is 6.07 Å². The standard InChI is InChI=1S/C14H15F3N4S/c1-22-8-4-7-19-12-9-11(14(15,16)17)20-13(21-12)10-5-2-3-6-18-10/h2-3,5-6,9H,4,7-8H2,1H3,(H,19,20,21). The van der Waals surface area contributed by atoms with Gasteiger partial charge in [0, 0.05) is 18.8 Å². The summed E-state index contributed by atoms with van der Waals surface area (Å²) < 4.78 is 38.9. The van der Waals surface area contributed by atoms with E-state index in [1.165, 1.54) is 6.20 Å². The van der Waals surface area contributed by atoms with Gasteiger partial charge in [-0.15, -0.1) is 0 Å². The van der Waals surface area contributed by atoms with Crippen LogP contribution in [-0.2, 0) is 6.18 Å². The smallest absolute Gasteiger partial charge is 0.370 e. The number of rotatable bonds is 6. The Kier molecular flexibility index (Phi) is 5.59. The van der Waals surface area contributed by atoms with Crippen LogP contribution in [0.15, 0.2) is 30.5 Å². The van der Waals surface area contributed by atoms with Crippen molar-refractivity contribution in [1.29, 1.82) is 0 Å². The van der Waals surface area contributed by atoms with Gasteiger partial charge in [0.15, 0.2) is 11.5 Å². The second-order valence-electron chi connectivity index (χ2n) is 4.45. The highest BCUT2D eigenvalue weighted by molar-refractivity contribution is 7.98. The van der Waals surface area contributed by atoms with Gasteiger partial charge in [-0.2, -0.15) is 24.9 Å².